The Morgan fingerprint density at radius 2 is 1.24 bits per heavy atom. The Bertz CT molecular complexity index is 573. The van der Waals surface area contributed by atoms with Gasteiger partial charge in [0.15, 0.2) is 0 Å². The molecule has 0 atom stereocenters. The van der Waals surface area contributed by atoms with Crippen molar-refractivity contribution in [3.63, 3.8) is 0 Å². The zero-order valence-corrected chi connectivity index (χ0v) is 14.9. The lowest BCUT2D eigenvalue weighted by Crippen LogP contribution is -2.39. The molecule has 2 saturated carbocycles. The minimum Gasteiger partial charge on any atom is -0.349 e. The molecule has 5 nitrogen and oxygen atoms in total. The van der Waals surface area contributed by atoms with E-state index in [1.807, 2.05) is 0 Å². The molecule has 0 radical (unpaired) electrons. The Morgan fingerprint density at radius 1 is 0.720 bits per heavy atom. The van der Waals surface area contributed by atoms with Gasteiger partial charge in [-0.05, 0) is 49.9 Å². The van der Waals surface area contributed by atoms with Crippen LogP contribution in [0.2, 0.25) is 0 Å². The van der Waals surface area contributed by atoms with Crippen LogP contribution in [0.4, 0.5) is 10.5 Å². The SMILES string of the molecule is O=C(Nc1ccc(C(=O)NC2CCCCC2)cc1)NC1CCCCC1. The van der Waals surface area contributed by atoms with Crippen molar-refractivity contribution < 1.29 is 9.59 Å². The van der Waals surface area contributed by atoms with Gasteiger partial charge in [-0.2, -0.15) is 0 Å². The predicted molar refractivity (Wildman–Crippen MR) is 99.8 cm³/mol. The molecule has 2 aliphatic rings. The normalized spacial score (nSPS) is 19.2. The van der Waals surface area contributed by atoms with Crippen molar-refractivity contribution >= 4 is 17.6 Å². The van der Waals surface area contributed by atoms with Crippen molar-refractivity contribution in [3.05, 3.63) is 29.8 Å². The molecule has 2 fully saturated rings. The summed E-state index contributed by atoms with van der Waals surface area (Å²) in [5, 5.41) is 9.00. The monoisotopic (exact) mass is 343 g/mol. The number of hydrogen-bond acceptors (Lipinski definition) is 2. The predicted octanol–water partition coefficient (Wildman–Crippen LogP) is 4.20. The summed E-state index contributed by atoms with van der Waals surface area (Å²) in [6, 6.07) is 7.55. The number of amides is 3. The second-order valence-electron chi connectivity index (χ2n) is 7.32. The van der Waals surface area contributed by atoms with Gasteiger partial charge >= 0.3 is 6.03 Å². The molecule has 3 rings (SSSR count). The lowest BCUT2D eigenvalue weighted by molar-refractivity contribution is 0.0927. The number of hydrogen-bond donors (Lipinski definition) is 3. The largest absolute Gasteiger partial charge is 0.349 e. The molecule has 0 spiro atoms. The van der Waals surface area contributed by atoms with Crippen LogP contribution in [0.1, 0.15) is 74.6 Å². The smallest absolute Gasteiger partial charge is 0.319 e. The van der Waals surface area contributed by atoms with Gasteiger partial charge in [-0.25, -0.2) is 4.79 Å². The molecule has 136 valence electrons. The van der Waals surface area contributed by atoms with Gasteiger partial charge in [0.05, 0.1) is 0 Å². The van der Waals surface area contributed by atoms with E-state index < -0.39 is 0 Å². The van der Waals surface area contributed by atoms with Gasteiger partial charge in [0.25, 0.3) is 5.91 Å². The second-order valence-corrected chi connectivity index (χ2v) is 7.32. The molecule has 1 aromatic carbocycles. The summed E-state index contributed by atoms with van der Waals surface area (Å²) in [5.41, 5.74) is 1.35. The fourth-order valence-electron chi connectivity index (χ4n) is 3.82. The first kappa shape index (κ1) is 17.8. The van der Waals surface area contributed by atoms with Gasteiger partial charge in [-0.15, -0.1) is 0 Å². The van der Waals surface area contributed by atoms with Crippen molar-refractivity contribution in [2.75, 3.05) is 5.32 Å². The highest BCUT2D eigenvalue weighted by Gasteiger charge is 2.17. The first-order valence-electron chi connectivity index (χ1n) is 9.69. The third kappa shape index (κ3) is 5.48. The average molecular weight is 343 g/mol. The van der Waals surface area contributed by atoms with E-state index in [0.717, 1.165) is 25.7 Å². The van der Waals surface area contributed by atoms with Crippen molar-refractivity contribution in [1.29, 1.82) is 0 Å². The second kappa shape index (κ2) is 8.88. The van der Waals surface area contributed by atoms with Gasteiger partial charge in [-0.3, -0.25) is 4.79 Å². The summed E-state index contributed by atoms with van der Waals surface area (Å²) >= 11 is 0. The van der Waals surface area contributed by atoms with E-state index >= 15 is 0 Å². The molecule has 2 aliphatic carbocycles. The maximum Gasteiger partial charge on any atom is 0.319 e. The van der Waals surface area contributed by atoms with Crippen molar-refractivity contribution in [1.82, 2.24) is 10.6 Å². The summed E-state index contributed by atoms with van der Waals surface area (Å²) in [6.07, 6.45) is 11.6. The van der Waals surface area contributed by atoms with Crippen LogP contribution >= 0.6 is 0 Å². The lowest BCUT2D eigenvalue weighted by atomic mass is 9.95. The average Bonchev–Trinajstić information content (AvgIpc) is 2.64. The van der Waals surface area contributed by atoms with Crippen molar-refractivity contribution in [2.45, 2.75) is 76.3 Å². The Morgan fingerprint density at radius 3 is 1.80 bits per heavy atom. The van der Waals surface area contributed by atoms with E-state index in [9.17, 15) is 9.59 Å². The molecular weight excluding hydrogens is 314 g/mol. The number of urea groups is 1. The zero-order valence-electron chi connectivity index (χ0n) is 14.9. The van der Waals surface area contributed by atoms with Crippen LogP contribution < -0.4 is 16.0 Å². The molecule has 0 bridgehead atoms. The molecule has 0 aliphatic heterocycles. The van der Waals surface area contributed by atoms with Gasteiger partial charge in [0, 0.05) is 23.3 Å². The third-order valence-electron chi connectivity index (χ3n) is 5.29. The van der Waals surface area contributed by atoms with Crippen LogP contribution in [0.15, 0.2) is 24.3 Å². The first-order valence-corrected chi connectivity index (χ1v) is 9.69. The van der Waals surface area contributed by atoms with Crippen molar-refractivity contribution in [3.8, 4) is 0 Å². The Kier molecular flexibility index (Phi) is 6.31. The van der Waals surface area contributed by atoms with E-state index in [1.165, 1.54) is 38.5 Å². The maximum atomic E-state index is 12.3. The standard InChI is InChI=1S/C20H29N3O2/c24-19(21-16-7-3-1-4-8-16)15-11-13-18(14-12-15)23-20(25)22-17-9-5-2-6-10-17/h11-14,16-17H,1-10H2,(H,21,24)(H2,22,23,25). The van der Waals surface area contributed by atoms with E-state index in [1.54, 1.807) is 24.3 Å². The number of carbonyl (C=O) groups is 2. The van der Waals surface area contributed by atoms with E-state index in [0.29, 0.717) is 17.3 Å². The number of rotatable bonds is 4. The van der Waals surface area contributed by atoms with Crippen LogP contribution in [0, 0.1) is 0 Å². The molecule has 5 heteroatoms. The molecule has 0 aromatic heterocycles. The molecule has 3 N–H and O–H groups in total. The van der Waals surface area contributed by atoms with Gasteiger partial charge in [-0.1, -0.05) is 38.5 Å². The Labute approximate surface area is 150 Å². The van der Waals surface area contributed by atoms with E-state index in [2.05, 4.69) is 16.0 Å². The van der Waals surface area contributed by atoms with Crippen LogP contribution in [0.5, 0.6) is 0 Å². The fraction of sp³-hybridized carbons (Fsp3) is 0.600. The highest BCUT2D eigenvalue weighted by atomic mass is 16.2. The van der Waals surface area contributed by atoms with Crippen LogP contribution in [-0.4, -0.2) is 24.0 Å². The molecule has 0 heterocycles. The van der Waals surface area contributed by atoms with Gasteiger partial charge < -0.3 is 16.0 Å². The van der Waals surface area contributed by atoms with Gasteiger partial charge in [0.2, 0.25) is 0 Å². The molecule has 0 unspecified atom stereocenters. The number of carbonyl (C=O) groups excluding carboxylic acids is 2. The highest BCUT2D eigenvalue weighted by molar-refractivity contribution is 5.95. The van der Waals surface area contributed by atoms with E-state index in [-0.39, 0.29) is 18.0 Å². The molecule has 25 heavy (non-hydrogen) atoms. The number of nitrogens with one attached hydrogen (secondary N) is 3. The van der Waals surface area contributed by atoms with Crippen LogP contribution in [-0.2, 0) is 0 Å². The summed E-state index contributed by atoms with van der Waals surface area (Å²) < 4.78 is 0. The van der Waals surface area contributed by atoms with Crippen LogP contribution in [0.25, 0.3) is 0 Å². The first-order chi connectivity index (χ1) is 12.2. The van der Waals surface area contributed by atoms with E-state index in [4.69, 9.17) is 0 Å². The van der Waals surface area contributed by atoms with Crippen molar-refractivity contribution in [2.24, 2.45) is 0 Å². The quantitative estimate of drug-likeness (QED) is 0.766. The highest BCUT2D eigenvalue weighted by Crippen LogP contribution is 2.19. The molecule has 0 saturated heterocycles. The molecule has 3 amide bonds. The van der Waals surface area contributed by atoms with Gasteiger partial charge in [0.1, 0.15) is 0 Å². The summed E-state index contributed by atoms with van der Waals surface area (Å²) in [4.78, 5) is 24.4. The summed E-state index contributed by atoms with van der Waals surface area (Å²) in [5.74, 6) is -0.0230. The Balaban J connectivity index is 1.47. The summed E-state index contributed by atoms with van der Waals surface area (Å²) in [6.45, 7) is 0. The number of anilines is 1. The molecular formula is C20H29N3O2. The summed E-state index contributed by atoms with van der Waals surface area (Å²) in [7, 11) is 0. The fourth-order valence-corrected chi connectivity index (χ4v) is 3.82. The van der Waals surface area contributed by atoms with Crippen LogP contribution in [0.3, 0.4) is 0 Å². The lowest BCUT2D eigenvalue weighted by Gasteiger charge is -2.23. The Hall–Kier alpha value is -2.04. The molecule has 1 aromatic rings. The maximum absolute atomic E-state index is 12.3. The number of benzene rings is 1. The minimum absolute atomic E-state index is 0.0230. The minimum atomic E-state index is -0.161. The zero-order chi connectivity index (χ0) is 17.5. The topological polar surface area (TPSA) is 70.2 Å². The third-order valence-corrected chi connectivity index (χ3v) is 5.29.